The summed E-state index contributed by atoms with van der Waals surface area (Å²) in [5, 5.41) is 18.2. The topological polar surface area (TPSA) is 79.1 Å². The number of rotatable bonds is 0. The monoisotopic (exact) mass is 241 g/mol. The molecule has 0 aromatic carbocycles. The molecule has 0 radical (unpaired) electrons. The molecular formula is C7H4BrN3O2. The maximum atomic E-state index is 9.25. The first-order chi connectivity index (χ1) is 6.16. The maximum absolute atomic E-state index is 9.25. The number of aromatic hydroxyl groups is 2. The maximum Gasteiger partial charge on any atom is 0.317 e. The molecule has 0 fully saturated rings. The molecule has 0 atom stereocenters. The third kappa shape index (κ3) is 1.40. The highest BCUT2D eigenvalue weighted by Crippen LogP contribution is 2.23. The molecule has 0 saturated carbocycles. The van der Waals surface area contributed by atoms with E-state index in [-0.39, 0.29) is 11.4 Å². The highest BCUT2D eigenvalue weighted by molar-refractivity contribution is 9.10. The first kappa shape index (κ1) is 8.18. The van der Waals surface area contributed by atoms with Gasteiger partial charge < -0.3 is 10.2 Å². The zero-order valence-corrected chi connectivity index (χ0v) is 7.85. The minimum Gasteiger partial charge on any atom is -0.492 e. The van der Waals surface area contributed by atoms with Crippen molar-refractivity contribution >= 4 is 27.0 Å². The largest absolute Gasteiger partial charge is 0.492 e. The van der Waals surface area contributed by atoms with E-state index in [0.29, 0.717) is 5.52 Å². The van der Waals surface area contributed by atoms with Crippen molar-refractivity contribution in [3.8, 4) is 11.9 Å². The van der Waals surface area contributed by atoms with Crippen molar-refractivity contribution in [2.75, 3.05) is 0 Å². The molecule has 0 amide bonds. The first-order valence-electron chi connectivity index (χ1n) is 3.38. The molecule has 0 bridgehead atoms. The van der Waals surface area contributed by atoms with Gasteiger partial charge in [0.2, 0.25) is 5.88 Å². The average molecular weight is 242 g/mol. The Balaban J connectivity index is 2.86. The Hall–Kier alpha value is -1.43. The van der Waals surface area contributed by atoms with Gasteiger partial charge in [0, 0.05) is 10.7 Å². The van der Waals surface area contributed by atoms with Gasteiger partial charge in [0.15, 0.2) is 5.52 Å². The standard InChI is InChI=1S/C7H4BrN3O2/c8-3-1-4-5(9-2-3)6(12)11-7(13)10-4/h1-2H,(H2,10,11,12,13). The third-order valence-corrected chi connectivity index (χ3v) is 1.91. The summed E-state index contributed by atoms with van der Waals surface area (Å²) in [6.07, 6.45) is 1.52. The van der Waals surface area contributed by atoms with Crippen LogP contribution in [0.25, 0.3) is 11.0 Å². The van der Waals surface area contributed by atoms with Crippen molar-refractivity contribution in [3.63, 3.8) is 0 Å². The van der Waals surface area contributed by atoms with Gasteiger partial charge in [0.25, 0.3) is 0 Å². The minimum absolute atomic E-state index is 0.265. The molecule has 66 valence electrons. The Labute approximate surface area is 81.2 Å². The van der Waals surface area contributed by atoms with Gasteiger partial charge in [-0.05, 0) is 22.0 Å². The number of fused-ring (bicyclic) bond motifs is 1. The fourth-order valence-electron chi connectivity index (χ4n) is 0.967. The van der Waals surface area contributed by atoms with E-state index in [1.54, 1.807) is 6.07 Å². The van der Waals surface area contributed by atoms with Crippen LogP contribution in [-0.2, 0) is 0 Å². The number of hydrogen-bond acceptors (Lipinski definition) is 5. The van der Waals surface area contributed by atoms with Crippen LogP contribution in [0.3, 0.4) is 0 Å². The zero-order valence-electron chi connectivity index (χ0n) is 6.27. The van der Waals surface area contributed by atoms with Crippen LogP contribution in [0, 0.1) is 0 Å². The van der Waals surface area contributed by atoms with Crippen LogP contribution >= 0.6 is 15.9 Å². The van der Waals surface area contributed by atoms with Gasteiger partial charge in [0.05, 0.1) is 0 Å². The minimum atomic E-state index is -0.468. The van der Waals surface area contributed by atoms with Gasteiger partial charge in [-0.1, -0.05) is 0 Å². The molecule has 2 heterocycles. The summed E-state index contributed by atoms with van der Waals surface area (Å²) in [7, 11) is 0. The molecule has 2 rings (SSSR count). The lowest BCUT2D eigenvalue weighted by molar-refractivity contribution is 0.403. The van der Waals surface area contributed by atoms with Gasteiger partial charge in [-0.15, -0.1) is 0 Å². The predicted octanol–water partition coefficient (Wildman–Crippen LogP) is 1.20. The molecule has 0 unspecified atom stereocenters. The molecule has 2 N–H and O–H groups in total. The Bertz CT molecular complexity index is 469. The van der Waals surface area contributed by atoms with Crippen molar-refractivity contribution in [3.05, 3.63) is 16.7 Å². The molecular weight excluding hydrogens is 238 g/mol. The summed E-state index contributed by atoms with van der Waals surface area (Å²) in [5.74, 6) is -0.324. The van der Waals surface area contributed by atoms with E-state index in [4.69, 9.17) is 5.11 Å². The molecule has 0 saturated heterocycles. The highest BCUT2D eigenvalue weighted by Gasteiger charge is 2.06. The molecule has 2 aromatic rings. The summed E-state index contributed by atoms with van der Waals surface area (Å²) in [5.41, 5.74) is 0.653. The normalized spacial score (nSPS) is 10.5. The van der Waals surface area contributed by atoms with Crippen molar-refractivity contribution < 1.29 is 10.2 Å². The second kappa shape index (κ2) is 2.81. The smallest absolute Gasteiger partial charge is 0.317 e. The lowest BCUT2D eigenvalue weighted by Gasteiger charge is -1.99. The lowest BCUT2D eigenvalue weighted by atomic mass is 10.3. The summed E-state index contributed by atoms with van der Waals surface area (Å²) < 4.78 is 0.720. The zero-order chi connectivity index (χ0) is 9.42. The molecule has 13 heavy (non-hydrogen) atoms. The van der Waals surface area contributed by atoms with Crippen molar-refractivity contribution in [1.29, 1.82) is 0 Å². The second-order valence-electron chi connectivity index (χ2n) is 2.37. The van der Waals surface area contributed by atoms with E-state index < -0.39 is 6.01 Å². The number of pyridine rings is 1. The number of aromatic nitrogens is 3. The third-order valence-electron chi connectivity index (χ3n) is 1.47. The van der Waals surface area contributed by atoms with Crippen molar-refractivity contribution in [2.24, 2.45) is 0 Å². The second-order valence-corrected chi connectivity index (χ2v) is 3.28. The summed E-state index contributed by atoms with van der Waals surface area (Å²) in [6, 6.07) is 1.16. The molecule has 2 aromatic heterocycles. The number of nitrogens with zero attached hydrogens (tertiary/aromatic N) is 3. The summed E-state index contributed by atoms with van der Waals surface area (Å²) in [4.78, 5) is 10.9. The SMILES string of the molecule is Oc1nc(O)c2ncc(Br)cc2n1. The number of hydrogen-bond donors (Lipinski definition) is 2. The lowest BCUT2D eigenvalue weighted by Crippen LogP contribution is -1.87. The van der Waals surface area contributed by atoms with Gasteiger partial charge in [-0.3, -0.25) is 0 Å². The Morgan fingerprint density at radius 1 is 1.23 bits per heavy atom. The fourth-order valence-corrected chi connectivity index (χ4v) is 1.29. The fraction of sp³-hybridized carbons (Fsp3) is 0. The first-order valence-corrected chi connectivity index (χ1v) is 4.17. The van der Waals surface area contributed by atoms with Crippen molar-refractivity contribution in [1.82, 2.24) is 15.0 Å². The van der Waals surface area contributed by atoms with Gasteiger partial charge in [-0.2, -0.15) is 9.97 Å². The van der Waals surface area contributed by atoms with E-state index in [2.05, 4.69) is 30.9 Å². The quantitative estimate of drug-likeness (QED) is 0.725. The van der Waals surface area contributed by atoms with Gasteiger partial charge in [0.1, 0.15) is 5.52 Å². The van der Waals surface area contributed by atoms with Crippen LogP contribution in [0.4, 0.5) is 0 Å². The van der Waals surface area contributed by atoms with Crippen LogP contribution in [-0.4, -0.2) is 25.2 Å². The van der Waals surface area contributed by atoms with E-state index in [9.17, 15) is 5.11 Å². The van der Waals surface area contributed by atoms with Crippen LogP contribution in [0.1, 0.15) is 0 Å². The summed E-state index contributed by atoms with van der Waals surface area (Å²) >= 11 is 3.20. The van der Waals surface area contributed by atoms with Crippen LogP contribution in [0.5, 0.6) is 11.9 Å². The molecule has 6 heteroatoms. The van der Waals surface area contributed by atoms with Crippen LogP contribution in [0.15, 0.2) is 16.7 Å². The highest BCUT2D eigenvalue weighted by atomic mass is 79.9. The van der Waals surface area contributed by atoms with Gasteiger partial charge >= 0.3 is 6.01 Å². The molecule has 0 aliphatic carbocycles. The molecule has 0 aliphatic rings. The molecule has 0 aliphatic heterocycles. The van der Waals surface area contributed by atoms with Gasteiger partial charge in [-0.25, -0.2) is 4.98 Å². The van der Waals surface area contributed by atoms with E-state index in [1.165, 1.54) is 6.20 Å². The predicted molar refractivity (Wildman–Crippen MR) is 48.4 cm³/mol. The van der Waals surface area contributed by atoms with Crippen LogP contribution < -0.4 is 0 Å². The Morgan fingerprint density at radius 2 is 2.00 bits per heavy atom. The Morgan fingerprint density at radius 3 is 2.77 bits per heavy atom. The van der Waals surface area contributed by atoms with E-state index in [1.807, 2.05) is 0 Å². The van der Waals surface area contributed by atoms with Crippen LogP contribution in [0.2, 0.25) is 0 Å². The van der Waals surface area contributed by atoms with E-state index in [0.717, 1.165) is 4.47 Å². The number of halogens is 1. The average Bonchev–Trinajstić information content (AvgIpc) is 2.02. The molecule has 0 spiro atoms. The van der Waals surface area contributed by atoms with Crippen molar-refractivity contribution in [2.45, 2.75) is 0 Å². The summed E-state index contributed by atoms with van der Waals surface area (Å²) in [6.45, 7) is 0. The molecule has 5 nitrogen and oxygen atoms in total. The van der Waals surface area contributed by atoms with E-state index >= 15 is 0 Å². The Kier molecular flexibility index (Phi) is 1.77.